The Kier molecular flexibility index (Phi) is 9.10. The first-order valence-corrected chi connectivity index (χ1v) is 14.6. The van der Waals surface area contributed by atoms with Gasteiger partial charge < -0.3 is 24.4 Å². The third kappa shape index (κ3) is 6.28. The Balaban J connectivity index is 1.75. The number of Topliss-reactive ketones (excluding diaryl/α,β-unsaturated/α-hetero) is 1. The molecule has 220 valence electrons. The molecule has 2 bridgehead atoms. The van der Waals surface area contributed by atoms with Gasteiger partial charge >= 0.3 is 5.97 Å². The maximum atomic E-state index is 13.8. The lowest BCUT2D eigenvalue weighted by Gasteiger charge is -2.48. The van der Waals surface area contributed by atoms with Gasteiger partial charge in [0.25, 0.3) is 0 Å². The Morgan fingerprint density at radius 3 is 2.45 bits per heavy atom. The van der Waals surface area contributed by atoms with Gasteiger partial charge in [-0.1, -0.05) is 64.2 Å². The Bertz CT molecular complexity index is 1140. The maximum absolute atomic E-state index is 13.8. The van der Waals surface area contributed by atoms with E-state index in [9.17, 15) is 19.8 Å². The number of rotatable bonds is 1. The number of allylic oxidation sites excluding steroid dienone is 3. The summed E-state index contributed by atoms with van der Waals surface area (Å²) in [5, 5.41) is 22.8. The summed E-state index contributed by atoms with van der Waals surface area (Å²) in [4.78, 5) is 26.4. The second kappa shape index (κ2) is 11.9. The quantitative estimate of drug-likeness (QED) is 0.342. The number of fused-ring (bicyclic) bond motifs is 3. The van der Waals surface area contributed by atoms with Gasteiger partial charge in [0, 0.05) is 31.1 Å². The van der Waals surface area contributed by atoms with Crippen LogP contribution in [-0.2, 0) is 23.8 Å². The van der Waals surface area contributed by atoms with E-state index >= 15 is 0 Å². The molecule has 3 aliphatic heterocycles. The number of aliphatic hydroxyl groups is 2. The molecule has 0 saturated carbocycles. The molecule has 0 aromatic rings. The van der Waals surface area contributed by atoms with Gasteiger partial charge in [0.1, 0.15) is 17.6 Å². The van der Waals surface area contributed by atoms with Crippen LogP contribution in [0.4, 0.5) is 0 Å². The van der Waals surface area contributed by atoms with E-state index in [2.05, 4.69) is 26.8 Å². The number of esters is 1. The van der Waals surface area contributed by atoms with Crippen molar-refractivity contribution in [2.45, 2.75) is 110 Å². The second-order valence-electron chi connectivity index (χ2n) is 12.7. The molecule has 1 spiro atoms. The first-order valence-electron chi connectivity index (χ1n) is 14.6. The van der Waals surface area contributed by atoms with E-state index in [-0.39, 0.29) is 42.2 Å². The summed E-state index contributed by atoms with van der Waals surface area (Å²) in [5.41, 5.74) is 0.0366. The van der Waals surface area contributed by atoms with Crippen LogP contribution in [0.1, 0.15) is 74.1 Å². The van der Waals surface area contributed by atoms with E-state index in [4.69, 9.17) is 14.2 Å². The Labute approximate surface area is 238 Å². The third-order valence-corrected chi connectivity index (χ3v) is 9.02. The van der Waals surface area contributed by atoms with Gasteiger partial charge in [-0.15, -0.1) is 0 Å². The van der Waals surface area contributed by atoms with Crippen LogP contribution in [0.2, 0.25) is 0 Å². The van der Waals surface area contributed by atoms with Crippen molar-refractivity contribution in [3.8, 4) is 0 Å². The minimum absolute atomic E-state index is 0.0579. The summed E-state index contributed by atoms with van der Waals surface area (Å²) in [5.74, 6) is -2.57. The van der Waals surface area contributed by atoms with E-state index < -0.39 is 35.5 Å². The van der Waals surface area contributed by atoms with Crippen LogP contribution in [0.15, 0.2) is 59.3 Å². The lowest BCUT2D eigenvalue weighted by molar-refractivity contribution is -0.299. The lowest BCUT2D eigenvalue weighted by atomic mass is 9.72. The maximum Gasteiger partial charge on any atom is 0.316 e. The minimum atomic E-state index is -1.71. The topological polar surface area (TPSA) is 102 Å². The number of carbonyl (C=O) groups excluding carboxylic acids is 2. The molecule has 0 aromatic carbocycles. The van der Waals surface area contributed by atoms with Crippen molar-refractivity contribution in [1.29, 1.82) is 0 Å². The lowest BCUT2D eigenvalue weighted by Crippen LogP contribution is -2.54. The highest BCUT2D eigenvalue weighted by molar-refractivity contribution is 5.99. The molecule has 3 heterocycles. The molecule has 1 saturated heterocycles. The second-order valence-corrected chi connectivity index (χ2v) is 12.7. The predicted molar refractivity (Wildman–Crippen MR) is 153 cm³/mol. The van der Waals surface area contributed by atoms with E-state index in [1.807, 2.05) is 32.1 Å². The molecule has 7 nitrogen and oxygen atoms in total. The van der Waals surface area contributed by atoms with Crippen molar-refractivity contribution >= 4 is 11.8 Å². The van der Waals surface area contributed by atoms with Crippen molar-refractivity contribution in [2.24, 2.45) is 23.7 Å². The summed E-state index contributed by atoms with van der Waals surface area (Å²) >= 11 is 0. The minimum Gasteiger partial charge on any atom is -0.462 e. The molecule has 1 aliphatic carbocycles. The fraction of sp³-hybridized carbons (Fsp3) is 0.636. The molecule has 0 radical (unpaired) electrons. The van der Waals surface area contributed by atoms with Crippen molar-refractivity contribution in [1.82, 2.24) is 0 Å². The van der Waals surface area contributed by atoms with Gasteiger partial charge in [0.2, 0.25) is 0 Å². The molecule has 0 aromatic heterocycles. The van der Waals surface area contributed by atoms with E-state index in [0.29, 0.717) is 30.4 Å². The monoisotopic (exact) mass is 554 g/mol. The van der Waals surface area contributed by atoms with Gasteiger partial charge in [0.15, 0.2) is 11.6 Å². The van der Waals surface area contributed by atoms with Crippen molar-refractivity contribution < 1.29 is 34.0 Å². The molecule has 9 atom stereocenters. The average Bonchev–Trinajstić information content (AvgIpc) is 2.89. The third-order valence-electron chi connectivity index (χ3n) is 9.02. The zero-order chi connectivity index (χ0) is 29.4. The first kappa shape index (κ1) is 30.6. The van der Waals surface area contributed by atoms with Crippen molar-refractivity contribution in [2.75, 3.05) is 0 Å². The van der Waals surface area contributed by atoms with Crippen LogP contribution in [0.3, 0.4) is 0 Å². The molecule has 9 unspecified atom stereocenters. The molecule has 2 N–H and O–H groups in total. The highest BCUT2D eigenvalue weighted by Gasteiger charge is 2.50. The van der Waals surface area contributed by atoms with Crippen LogP contribution in [0.5, 0.6) is 0 Å². The number of ketones is 1. The van der Waals surface area contributed by atoms with E-state index in [0.717, 1.165) is 5.57 Å². The summed E-state index contributed by atoms with van der Waals surface area (Å²) in [6.07, 6.45) is 12.4. The van der Waals surface area contributed by atoms with Crippen LogP contribution in [0.25, 0.3) is 0 Å². The van der Waals surface area contributed by atoms with Crippen molar-refractivity contribution in [3.05, 3.63) is 59.3 Å². The summed E-state index contributed by atoms with van der Waals surface area (Å²) in [6.45, 7) is 13.6. The van der Waals surface area contributed by atoms with Gasteiger partial charge in [-0.05, 0) is 55.9 Å². The summed E-state index contributed by atoms with van der Waals surface area (Å²) in [6, 6.07) is 0. The summed E-state index contributed by atoms with van der Waals surface area (Å²) in [7, 11) is 0. The zero-order valence-corrected chi connectivity index (χ0v) is 24.9. The van der Waals surface area contributed by atoms with E-state index in [1.54, 1.807) is 26.0 Å². The molecular weight excluding hydrogens is 508 g/mol. The number of aliphatic hydroxyl groups excluding tert-OH is 1. The molecule has 4 aliphatic rings. The molecule has 1 fully saturated rings. The van der Waals surface area contributed by atoms with Crippen LogP contribution in [-0.4, -0.2) is 57.8 Å². The van der Waals surface area contributed by atoms with E-state index in [1.165, 1.54) is 6.08 Å². The zero-order valence-electron chi connectivity index (χ0n) is 24.9. The van der Waals surface area contributed by atoms with Gasteiger partial charge in [-0.2, -0.15) is 0 Å². The fourth-order valence-electron chi connectivity index (χ4n) is 6.36. The Hall–Kier alpha value is -2.32. The van der Waals surface area contributed by atoms with Crippen molar-refractivity contribution in [3.63, 3.8) is 0 Å². The Morgan fingerprint density at radius 2 is 1.75 bits per heavy atom. The average molecular weight is 555 g/mol. The number of hydrogen-bond donors (Lipinski definition) is 2. The molecule has 40 heavy (non-hydrogen) atoms. The highest BCUT2D eigenvalue weighted by Crippen LogP contribution is 2.42. The first-order chi connectivity index (χ1) is 18.7. The highest BCUT2D eigenvalue weighted by atomic mass is 16.7. The number of ether oxygens (including phenoxy) is 3. The standard InChI is InChI=1S/C33H46O7/c1-19(2)30-22(5)13-14-32(40-30)17-26-16-25(39-32)12-11-21(4)29(35)20(3)9-8-10-24(7)33(37)18-28(34)23(6)15-27(33)31(36)38-26/h8-11,13-15,19-20,22,25-27,29-30,35,37H,12,16-18H2,1-7H3. The number of hydrogen-bond acceptors (Lipinski definition) is 7. The van der Waals surface area contributed by atoms with Crippen LogP contribution < -0.4 is 0 Å². The molecule has 7 heteroatoms. The van der Waals surface area contributed by atoms with Crippen LogP contribution in [0, 0.1) is 23.7 Å². The van der Waals surface area contributed by atoms with Crippen LogP contribution >= 0.6 is 0 Å². The Morgan fingerprint density at radius 1 is 1.02 bits per heavy atom. The van der Waals surface area contributed by atoms with Gasteiger partial charge in [-0.25, -0.2) is 0 Å². The fourth-order valence-corrected chi connectivity index (χ4v) is 6.36. The number of carbonyl (C=O) groups is 2. The molecule has 4 rings (SSSR count). The largest absolute Gasteiger partial charge is 0.462 e. The summed E-state index contributed by atoms with van der Waals surface area (Å²) < 4.78 is 19.3. The SMILES string of the molecule is CC1=CC2C(=O)OC3CC(CC=C(C)C(O)C(C)C=CC=C(C)C2(O)CC1=O)OC1(C=CC(C)C(C(C)C)O1)C3. The molecular formula is C33H46O7. The van der Waals surface area contributed by atoms with Gasteiger partial charge in [-0.3, -0.25) is 9.59 Å². The normalized spacial score (nSPS) is 41.2. The van der Waals surface area contributed by atoms with Gasteiger partial charge in [0.05, 0.1) is 18.3 Å². The smallest absolute Gasteiger partial charge is 0.316 e. The predicted octanol–water partition coefficient (Wildman–Crippen LogP) is 5.14. The molecule has 0 amide bonds.